The monoisotopic (exact) mass is 1430 g/mol. The second-order valence-electron chi connectivity index (χ2n) is 28.5. The third kappa shape index (κ3) is 9.81. The molecule has 0 bridgehead atoms. The van der Waals surface area contributed by atoms with Crippen molar-refractivity contribution in [3.05, 3.63) is 364 Å². The van der Waals surface area contributed by atoms with Crippen LogP contribution in [0.1, 0.15) is 0 Å². The van der Waals surface area contributed by atoms with Crippen LogP contribution in [-0.2, 0) is 0 Å². The molecule has 0 aliphatic heterocycles. The third-order valence-corrected chi connectivity index (χ3v) is 22.2. The largest absolute Gasteiger partial charge is 0.309 e. The van der Waals surface area contributed by atoms with Gasteiger partial charge in [0.05, 0.1) is 55.2 Å². The van der Waals surface area contributed by atoms with Gasteiger partial charge < -0.3 is 9.13 Å². The second kappa shape index (κ2) is 25.1. The molecule has 0 amide bonds. The molecule has 0 spiro atoms. The number of benzene rings is 16. The molecule has 0 radical (unpaired) electrons. The van der Waals surface area contributed by atoms with E-state index in [2.05, 4.69) is 261 Å². The molecular weight excluding hydrogens is 1370 g/mol. The van der Waals surface area contributed by atoms with E-state index < -0.39 is 0 Å². The van der Waals surface area contributed by atoms with E-state index in [1.54, 1.807) is 0 Å². The van der Waals surface area contributed by atoms with Crippen molar-refractivity contribution >= 4 is 120 Å². The number of para-hydroxylation sites is 2. The fourth-order valence-electron chi connectivity index (χ4n) is 17.3. The first-order valence-electron chi connectivity index (χ1n) is 37.7. The molecule has 0 aliphatic carbocycles. The van der Waals surface area contributed by atoms with E-state index in [0.29, 0.717) is 34.9 Å². The molecule has 112 heavy (non-hydrogen) atoms. The smallest absolute Gasteiger partial charge is 0.164 e. The highest BCUT2D eigenvalue weighted by atomic mass is 15.1. The van der Waals surface area contributed by atoms with Crippen LogP contribution in [0, 0.1) is 0 Å². The van der Waals surface area contributed by atoms with Crippen molar-refractivity contribution in [2.75, 3.05) is 0 Å². The lowest BCUT2D eigenvalue weighted by molar-refractivity contribution is 1.07. The average molecular weight is 1430 g/mol. The number of nitrogens with zero attached hydrogens (tertiary/aromatic N) is 12. The highest BCUT2D eigenvalue weighted by Gasteiger charge is 2.28. The second-order valence-corrected chi connectivity index (χ2v) is 28.5. The summed E-state index contributed by atoms with van der Waals surface area (Å²) in [5.41, 5.74) is 20.9. The Balaban J connectivity index is 0.000000134. The van der Waals surface area contributed by atoms with Crippen LogP contribution in [0.5, 0.6) is 0 Å². The molecule has 0 saturated heterocycles. The number of imidazole rings is 2. The topological polar surface area (TPSA) is 122 Å². The maximum Gasteiger partial charge on any atom is 0.164 e. The summed E-state index contributed by atoms with van der Waals surface area (Å²) in [6.07, 6.45) is 0. The average Bonchev–Trinajstić information content (AvgIpc) is 1.53. The van der Waals surface area contributed by atoms with Crippen molar-refractivity contribution in [2.24, 2.45) is 0 Å². The summed E-state index contributed by atoms with van der Waals surface area (Å²) in [5.74, 6) is 5.70. The van der Waals surface area contributed by atoms with Gasteiger partial charge in [-0.2, -0.15) is 0 Å². The molecule has 0 fully saturated rings. The maximum absolute atomic E-state index is 5.42. The van der Waals surface area contributed by atoms with E-state index in [0.717, 1.165) is 123 Å². The van der Waals surface area contributed by atoms with Crippen molar-refractivity contribution in [2.45, 2.75) is 0 Å². The Labute approximate surface area is 640 Å². The Hall–Kier alpha value is -15.4. The van der Waals surface area contributed by atoms with Crippen LogP contribution in [0.15, 0.2) is 364 Å². The molecule has 8 aromatic heterocycles. The van der Waals surface area contributed by atoms with Crippen LogP contribution < -0.4 is 0 Å². The van der Waals surface area contributed by atoms with Crippen molar-refractivity contribution in [3.8, 4) is 102 Å². The van der Waals surface area contributed by atoms with Gasteiger partial charge in [-0.1, -0.05) is 279 Å². The highest BCUT2D eigenvalue weighted by molar-refractivity contribution is 6.32. The van der Waals surface area contributed by atoms with E-state index in [1.807, 2.05) is 121 Å². The van der Waals surface area contributed by atoms with Gasteiger partial charge in [0.2, 0.25) is 0 Å². The summed E-state index contributed by atoms with van der Waals surface area (Å²) < 4.78 is 9.57. The molecule has 16 aromatic carbocycles. The van der Waals surface area contributed by atoms with Gasteiger partial charge >= 0.3 is 0 Å². The minimum absolute atomic E-state index is 0.622. The van der Waals surface area contributed by atoms with Crippen molar-refractivity contribution in [3.63, 3.8) is 0 Å². The number of rotatable bonds is 10. The number of aromatic nitrogens is 12. The van der Waals surface area contributed by atoms with Crippen molar-refractivity contribution in [1.82, 2.24) is 57.8 Å². The SMILES string of the molecule is c1ccc(-c2nc(-c3ccccc3)nc(-c3ccc(-n4c5cccc6c7ccccc7n7c(-c8cccc9ccccc89)nc8ccc4c(c65)c87)cc3)n2)cc1.c1ccc(-c2nc(-c3ccccc3)nc(-c3cccc(-n4c5cccc6c7ccccc7n7c(-c8cccc9ccccc89)nc8ccc4c(c65)c87)c3)n2)cc1. The van der Waals surface area contributed by atoms with E-state index in [4.69, 9.17) is 39.9 Å². The fourth-order valence-corrected chi connectivity index (χ4v) is 17.3. The standard InChI is InChI=1S/2C50H30N6/c1-3-15-32(16-4-1)47-52-48(33-17-5-2-6-18-33)54-49(53-47)34-20-11-21-35(30-34)55-42-27-13-24-38-37-23-9-10-26-41(37)56-46-40(28-29-43(55)45(46)44(38)42)51-50(56)39-25-12-19-31-14-7-8-22-36(31)39;1-3-14-32(15-4-1)47-52-48(33-16-5-2-6-17-33)54-49(53-47)34-25-27-35(28-26-34)55-42-24-12-21-38-37-20-9-10-23-41(37)56-46-40(29-30-43(55)45(46)44(38)42)51-50(56)39-22-11-18-31-13-7-8-19-36(31)39/h2*1-30H. The predicted molar refractivity (Wildman–Crippen MR) is 457 cm³/mol. The van der Waals surface area contributed by atoms with Crippen LogP contribution in [0.25, 0.3) is 222 Å². The predicted octanol–water partition coefficient (Wildman–Crippen LogP) is 24.4. The third-order valence-electron chi connectivity index (χ3n) is 22.2. The summed E-state index contributed by atoms with van der Waals surface area (Å²) in [6, 6.07) is 127. The lowest BCUT2D eigenvalue weighted by Gasteiger charge is -2.12. The number of fused-ring (bicyclic) bond motifs is 8. The number of hydrogen-bond donors (Lipinski definition) is 0. The lowest BCUT2D eigenvalue weighted by Crippen LogP contribution is -2.01. The molecule has 0 unspecified atom stereocenters. The Morgan fingerprint density at radius 1 is 0.188 bits per heavy atom. The first kappa shape index (κ1) is 62.8. The van der Waals surface area contributed by atoms with Crippen molar-refractivity contribution in [1.29, 1.82) is 0 Å². The Bertz CT molecular complexity index is 7740. The molecule has 0 N–H and O–H groups in total. The normalized spacial score (nSPS) is 11.9. The molecule has 0 atom stereocenters. The Morgan fingerprint density at radius 3 is 0.938 bits per heavy atom. The van der Waals surface area contributed by atoms with Gasteiger partial charge in [0, 0.05) is 88.2 Å². The Kier molecular flexibility index (Phi) is 14.1. The quantitative estimate of drug-likeness (QED) is 0.133. The summed E-state index contributed by atoms with van der Waals surface area (Å²) in [7, 11) is 0. The molecule has 12 heteroatoms. The van der Waals surface area contributed by atoms with Gasteiger partial charge in [-0.25, -0.2) is 39.9 Å². The molecule has 12 nitrogen and oxygen atoms in total. The minimum Gasteiger partial charge on any atom is -0.309 e. The zero-order valence-electron chi connectivity index (χ0n) is 60.0. The summed E-state index contributed by atoms with van der Waals surface area (Å²) >= 11 is 0. The van der Waals surface area contributed by atoms with Crippen LogP contribution >= 0.6 is 0 Å². The van der Waals surface area contributed by atoms with Gasteiger partial charge in [-0.05, 0) is 117 Å². The van der Waals surface area contributed by atoms with Crippen LogP contribution in [0.4, 0.5) is 0 Å². The van der Waals surface area contributed by atoms with E-state index in [9.17, 15) is 0 Å². The van der Waals surface area contributed by atoms with E-state index in [-0.39, 0.29) is 0 Å². The number of hydrogen-bond acceptors (Lipinski definition) is 8. The van der Waals surface area contributed by atoms with Crippen molar-refractivity contribution < 1.29 is 0 Å². The van der Waals surface area contributed by atoms with Gasteiger partial charge in [0.1, 0.15) is 11.6 Å². The molecule has 24 aromatic rings. The van der Waals surface area contributed by atoms with Gasteiger partial charge in [0.25, 0.3) is 0 Å². The van der Waals surface area contributed by atoms with E-state index in [1.165, 1.54) is 64.6 Å². The summed E-state index contributed by atoms with van der Waals surface area (Å²) in [5, 5.41) is 14.4. The van der Waals surface area contributed by atoms with Gasteiger partial charge in [-0.15, -0.1) is 0 Å². The molecule has 0 saturated carbocycles. The molecule has 8 heterocycles. The fraction of sp³-hybridized carbons (Fsp3) is 0. The highest BCUT2D eigenvalue weighted by Crippen LogP contribution is 2.48. The molecular formula is C100H60N12. The summed E-state index contributed by atoms with van der Waals surface area (Å²) in [4.78, 5) is 40.7. The van der Waals surface area contributed by atoms with Gasteiger partial charge in [0.15, 0.2) is 34.9 Å². The molecule has 24 rings (SSSR count). The minimum atomic E-state index is 0.622. The maximum atomic E-state index is 5.42. The first-order valence-corrected chi connectivity index (χ1v) is 37.7. The summed E-state index contributed by atoms with van der Waals surface area (Å²) in [6.45, 7) is 0. The van der Waals surface area contributed by atoms with Gasteiger partial charge in [-0.3, -0.25) is 8.80 Å². The zero-order chi connectivity index (χ0) is 73.5. The lowest BCUT2D eigenvalue weighted by atomic mass is 10.0. The van der Waals surface area contributed by atoms with Crippen LogP contribution in [0.2, 0.25) is 0 Å². The first-order chi connectivity index (χ1) is 55.6. The molecule has 0 aliphatic rings. The van der Waals surface area contributed by atoms with E-state index >= 15 is 0 Å². The van der Waals surface area contributed by atoms with Crippen LogP contribution in [-0.4, -0.2) is 57.8 Å². The molecule has 520 valence electrons. The Morgan fingerprint density at radius 2 is 0.500 bits per heavy atom. The zero-order valence-corrected chi connectivity index (χ0v) is 60.0. The van der Waals surface area contributed by atoms with Crippen LogP contribution in [0.3, 0.4) is 0 Å².